The summed E-state index contributed by atoms with van der Waals surface area (Å²) in [5.74, 6) is -2.49. The third kappa shape index (κ3) is 3.21. The largest absolute Gasteiger partial charge is 0.372 e. The van der Waals surface area contributed by atoms with E-state index in [2.05, 4.69) is 26.1 Å². The van der Waals surface area contributed by atoms with E-state index in [0.717, 1.165) is 13.0 Å². The molecule has 106 valence electrons. The van der Waals surface area contributed by atoms with E-state index in [0.29, 0.717) is 19.4 Å². The van der Waals surface area contributed by atoms with Crippen LogP contribution >= 0.6 is 0 Å². The van der Waals surface area contributed by atoms with E-state index >= 15 is 0 Å². The van der Waals surface area contributed by atoms with E-state index in [-0.39, 0.29) is 29.9 Å². The summed E-state index contributed by atoms with van der Waals surface area (Å²) in [6.07, 6.45) is 1.87. The fourth-order valence-corrected chi connectivity index (χ4v) is 3.18. The quantitative estimate of drug-likeness (QED) is 0.781. The standard InChI is InChI=1S/C14H25F2NO/c1-12(2,3)10-11-13(18-9-8-17-11)4-6-14(15,16)7-5-13/h11,17H,4-10H2,1-3H3. The molecule has 2 rings (SSSR count). The van der Waals surface area contributed by atoms with Crippen molar-refractivity contribution in [2.24, 2.45) is 5.41 Å². The average molecular weight is 261 g/mol. The minimum Gasteiger partial charge on any atom is -0.372 e. The molecule has 1 saturated carbocycles. The van der Waals surface area contributed by atoms with Crippen LogP contribution in [0.3, 0.4) is 0 Å². The summed E-state index contributed by atoms with van der Waals surface area (Å²) < 4.78 is 32.6. The Morgan fingerprint density at radius 3 is 2.33 bits per heavy atom. The zero-order valence-corrected chi connectivity index (χ0v) is 11.7. The number of hydrogen-bond acceptors (Lipinski definition) is 2. The van der Waals surface area contributed by atoms with Crippen LogP contribution in [0.5, 0.6) is 0 Å². The maximum atomic E-state index is 13.3. The average Bonchev–Trinajstić information content (AvgIpc) is 2.24. The van der Waals surface area contributed by atoms with Crippen molar-refractivity contribution in [1.82, 2.24) is 5.32 Å². The highest BCUT2D eigenvalue weighted by Crippen LogP contribution is 2.45. The van der Waals surface area contributed by atoms with Gasteiger partial charge >= 0.3 is 0 Å². The number of hydrogen-bond donors (Lipinski definition) is 1. The third-order valence-corrected chi connectivity index (χ3v) is 4.16. The Kier molecular flexibility index (Phi) is 3.72. The summed E-state index contributed by atoms with van der Waals surface area (Å²) in [5.41, 5.74) is -0.168. The van der Waals surface area contributed by atoms with Crippen molar-refractivity contribution in [3.05, 3.63) is 0 Å². The highest BCUT2D eigenvalue weighted by atomic mass is 19.3. The van der Waals surface area contributed by atoms with Crippen LogP contribution < -0.4 is 5.32 Å². The maximum absolute atomic E-state index is 13.3. The van der Waals surface area contributed by atoms with Crippen molar-refractivity contribution in [1.29, 1.82) is 0 Å². The lowest BCUT2D eigenvalue weighted by Crippen LogP contribution is -2.61. The second-order valence-electron chi connectivity index (χ2n) is 7.04. The lowest BCUT2D eigenvalue weighted by atomic mass is 9.72. The van der Waals surface area contributed by atoms with Gasteiger partial charge < -0.3 is 10.1 Å². The van der Waals surface area contributed by atoms with Crippen molar-refractivity contribution in [2.75, 3.05) is 13.2 Å². The molecule has 0 aromatic rings. The van der Waals surface area contributed by atoms with Gasteiger partial charge in [0.2, 0.25) is 5.92 Å². The summed E-state index contributed by atoms with van der Waals surface area (Å²) in [4.78, 5) is 0. The van der Waals surface area contributed by atoms with E-state index in [1.54, 1.807) is 0 Å². The number of alkyl halides is 2. The number of ether oxygens (including phenoxy) is 1. The van der Waals surface area contributed by atoms with Crippen LogP contribution in [0.15, 0.2) is 0 Å². The molecule has 2 aliphatic rings. The fourth-order valence-electron chi connectivity index (χ4n) is 3.18. The monoisotopic (exact) mass is 261 g/mol. The molecule has 0 aromatic heterocycles. The molecule has 1 heterocycles. The lowest BCUT2D eigenvalue weighted by Gasteiger charge is -2.49. The summed E-state index contributed by atoms with van der Waals surface area (Å²) >= 11 is 0. The van der Waals surface area contributed by atoms with E-state index in [1.165, 1.54) is 0 Å². The highest BCUT2D eigenvalue weighted by molar-refractivity contribution is 5.01. The number of morpholine rings is 1. The summed E-state index contributed by atoms with van der Waals surface area (Å²) in [7, 11) is 0. The van der Waals surface area contributed by atoms with E-state index in [9.17, 15) is 8.78 Å². The van der Waals surface area contributed by atoms with Gasteiger partial charge in [0.05, 0.1) is 12.2 Å². The van der Waals surface area contributed by atoms with Crippen LogP contribution in [0.4, 0.5) is 8.78 Å². The number of halogens is 2. The molecule has 0 radical (unpaired) electrons. The molecular formula is C14H25F2NO. The molecular weight excluding hydrogens is 236 g/mol. The van der Waals surface area contributed by atoms with E-state index in [1.807, 2.05) is 0 Å². The predicted molar refractivity (Wildman–Crippen MR) is 68.0 cm³/mol. The van der Waals surface area contributed by atoms with Crippen LogP contribution in [0.1, 0.15) is 52.9 Å². The molecule has 18 heavy (non-hydrogen) atoms. The van der Waals surface area contributed by atoms with Crippen LogP contribution in [-0.2, 0) is 4.74 Å². The highest BCUT2D eigenvalue weighted by Gasteiger charge is 2.50. The minimum absolute atomic E-state index is 0.0324. The van der Waals surface area contributed by atoms with Gasteiger partial charge in [-0.1, -0.05) is 20.8 Å². The molecule has 1 unspecified atom stereocenters. The Morgan fingerprint density at radius 2 is 1.78 bits per heavy atom. The van der Waals surface area contributed by atoms with Gasteiger partial charge in [0, 0.05) is 25.4 Å². The molecule has 1 spiro atoms. The van der Waals surface area contributed by atoms with Crippen molar-refractivity contribution < 1.29 is 13.5 Å². The first-order valence-corrected chi connectivity index (χ1v) is 6.98. The van der Waals surface area contributed by atoms with Gasteiger partial charge in [-0.25, -0.2) is 8.78 Å². The first-order chi connectivity index (χ1) is 8.23. The molecule has 1 aliphatic carbocycles. The Morgan fingerprint density at radius 1 is 1.17 bits per heavy atom. The van der Waals surface area contributed by atoms with Crippen molar-refractivity contribution in [3.8, 4) is 0 Å². The molecule has 1 aliphatic heterocycles. The molecule has 0 amide bonds. The minimum atomic E-state index is -2.49. The smallest absolute Gasteiger partial charge is 0.248 e. The fraction of sp³-hybridized carbons (Fsp3) is 1.00. The first-order valence-electron chi connectivity index (χ1n) is 6.98. The summed E-state index contributed by atoms with van der Waals surface area (Å²) in [5, 5.41) is 3.49. The van der Waals surface area contributed by atoms with Crippen molar-refractivity contribution in [3.63, 3.8) is 0 Å². The maximum Gasteiger partial charge on any atom is 0.248 e. The van der Waals surface area contributed by atoms with Crippen LogP contribution in [-0.4, -0.2) is 30.7 Å². The third-order valence-electron chi connectivity index (χ3n) is 4.16. The molecule has 1 saturated heterocycles. The van der Waals surface area contributed by atoms with Gasteiger partial charge in [-0.3, -0.25) is 0 Å². The van der Waals surface area contributed by atoms with E-state index < -0.39 is 5.92 Å². The second kappa shape index (κ2) is 4.71. The molecule has 2 fully saturated rings. The van der Waals surface area contributed by atoms with Gasteiger partial charge in [0.25, 0.3) is 0 Å². The van der Waals surface area contributed by atoms with Crippen molar-refractivity contribution >= 4 is 0 Å². The topological polar surface area (TPSA) is 21.3 Å². The van der Waals surface area contributed by atoms with Gasteiger partial charge in [0.15, 0.2) is 0 Å². The Bertz CT molecular complexity index is 289. The van der Waals surface area contributed by atoms with Crippen molar-refractivity contribution in [2.45, 2.75) is 70.4 Å². The Balaban J connectivity index is 2.08. The van der Waals surface area contributed by atoms with Gasteiger partial charge in [-0.05, 0) is 24.7 Å². The summed E-state index contributed by atoms with van der Waals surface area (Å²) in [6.45, 7) is 8.04. The molecule has 1 N–H and O–H groups in total. The molecule has 4 heteroatoms. The zero-order valence-electron chi connectivity index (χ0n) is 11.7. The van der Waals surface area contributed by atoms with Gasteiger partial charge in [-0.15, -0.1) is 0 Å². The number of rotatable bonds is 1. The molecule has 0 aromatic carbocycles. The van der Waals surface area contributed by atoms with Gasteiger partial charge in [0.1, 0.15) is 0 Å². The molecule has 1 atom stereocenters. The van der Waals surface area contributed by atoms with Crippen LogP contribution in [0, 0.1) is 5.41 Å². The Labute approximate surface area is 108 Å². The number of nitrogens with one attached hydrogen (secondary N) is 1. The van der Waals surface area contributed by atoms with Crippen LogP contribution in [0.25, 0.3) is 0 Å². The molecule has 0 bridgehead atoms. The Hall–Kier alpha value is -0.220. The summed E-state index contributed by atoms with van der Waals surface area (Å²) in [6, 6.07) is 0.211. The first kappa shape index (κ1) is 14.2. The predicted octanol–water partition coefficient (Wildman–Crippen LogP) is 3.36. The van der Waals surface area contributed by atoms with Crippen LogP contribution in [0.2, 0.25) is 0 Å². The lowest BCUT2D eigenvalue weighted by molar-refractivity contribution is -0.165. The SMILES string of the molecule is CC(C)(C)CC1NCCOC12CCC(F)(F)CC2. The molecule has 2 nitrogen and oxygen atoms in total. The zero-order chi connectivity index (χ0) is 13.4. The van der Waals surface area contributed by atoms with E-state index in [4.69, 9.17) is 4.74 Å². The van der Waals surface area contributed by atoms with Gasteiger partial charge in [-0.2, -0.15) is 0 Å². The normalized spacial score (nSPS) is 31.5. The second-order valence-corrected chi connectivity index (χ2v) is 7.04.